The number of likely N-dealkylation sites (tertiary alicyclic amines) is 1. The van der Waals surface area contributed by atoms with E-state index < -0.39 is 0 Å². The molecule has 1 saturated heterocycles. The van der Waals surface area contributed by atoms with Crippen LogP contribution >= 0.6 is 0 Å². The number of carbonyl (C=O) groups is 1. The third-order valence-corrected chi connectivity index (χ3v) is 2.82. The molecule has 88 valence electrons. The molecule has 1 rings (SSSR count). The SMILES string of the molecule is COCCCNC(=O)C1CCCN(C)C1. The van der Waals surface area contributed by atoms with Crippen LogP contribution in [0.2, 0.25) is 0 Å². The van der Waals surface area contributed by atoms with Crippen molar-refractivity contribution in [1.29, 1.82) is 0 Å². The summed E-state index contributed by atoms with van der Waals surface area (Å²) in [5.74, 6) is 0.393. The number of ether oxygens (including phenoxy) is 1. The van der Waals surface area contributed by atoms with Crippen LogP contribution < -0.4 is 5.32 Å². The topological polar surface area (TPSA) is 41.6 Å². The summed E-state index contributed by atoms with van der Waals surface area (Å²) in [7, 11) is 3.75. The Kier molecular flexibility index (Phi) is 5.65. The van der Waals surface area contributed by atoms with Crippen LogP contribution in [0.25, 0.3) is 0 Å². The van der Waals surface area contributed by atoms with Gasteiger partial charge in [0, 0.05) is 26.8 Å². The van der Waals surface area contributed by atoms with Gasteiger partial charge in [-0.3, -0.25) is 4.79 Å². The highest BCUT2D eigenvalue weighted by molar-refractivity contribution is 5.78. The lowest BCUT2D eigenvalue weighted by Gasteiger charge is -2.28. The Balaban J connectivity index is 2.15. The molecule has 0 aromatic heterocycles. The first kappa shape index (κ1) is 12.5. The molecule has 1 aliphatic heterocycles. The predicted octanol–water partition coefficient (Wildman–Crippen LogP) is 0.481. The van der Waals surface area contributed by atoms with E-state index in [-0.39, 0.29) is 11.8 Å². The molecule has 0 aliphatic carbocycles. The smallest absolute Gasteiger partial charge is 0.224 e. The summed E-state index contributed by atoms with van der Waals surface area (Å²) in [6.07, 6.45) is 3.05. The molecule has 0 aromatic carbocycles. The highest BCUT2D eigenvalue weighted by Gasteiger charge is 2.23. The molecule has 1 unspecified atom stereocenters. The molecule has 1 fully saturated rings. The fourth-order valence-electron chi connectivity index (χ4n) is 1.95. The second-order valence-corrected chi connectivity index (χ2v) is 4.24. The van der Waals surface area contributed by atoms with Crippen LogP contribution in [0.3, 0.4) is 0 Å². The number of piperidine rings is 1. The Morgan fingerprint density at radius 3 is 3.07 bits per heavy atom. The Morgan fingerprint density at radius 2 is 2.40 bits per heavy atom. The summed E-state index contributed by atoms with van der Waals surface area (Å²) in [6.45, 7) is 3.46. The number of hydrogen-bond donors (Lipinski definition) is 1. The lowest BCUT2D eigenvalue weighted by atomic mass is 9.97. The highest BCUT2D eigenvalue weighted by Crippen LogP contribution is 2.14. The van der Waals surface area contributed by atoms with Gasteiger partial charge in [0.1, 0.15) is 0 Å². The molecule has 0 radical (unpaired) electrons. The fourth-order valence-corrected chi connectivity index (χ4v) is 1.95. The molecule has 1 amide bonds. The Hall–Kier alpha value is -0.610. The largest absolute Gasteiger partial charge is 0.385 e. The van der Waals surface area contributed by atoms with Crippen molar-refractivity contribution in [3.63, 3.8) is 0 Å². The molecule has 1 atom stereocenters. The minimum atomic E-state index is 0.186. The van der Waals surface area contributed by atoms with Crippen LogP contribution in [0.5, 0.6) is 0 Å². The Morgan fingerprint density at radius 1 is 1.60 bits per heavy atom. The quantitative estimate of drug-likeness (QED) is 0.677. The number of nitrogens with zero attached hydrogens (tertiary/aromatic N) is 1. The molecule has 1 N–H and O–H groups in total. The van der Waals surface area contributed by atoms with Gasteiger partial charge in [0.25, 0.3) is 0 Å². The van der Waals surface area contributed by atoms with Gasteiger partial charge in [0.05, 0.1) is 5.92 Å². The fraction of sp³-hybridized carbons (Fsp3) is 0.909. The lowest BCUT2D eigenvalue weighted by molar-refractivity contribution is -0.126. The third-order valence-electron chi connectivity index (χ3n) is 2.82. The van der Waals surface area contributed by atoms with E-state index in [0.29, 0.717) is 6.61 Å². The maximum atomic E-state index is 11.7. The highest BCUT2D eigenvalue weighted by atomic mass is 16.5. The summed E-state index contributed by atoms with van der Waals surface area (Å²) in [5.41, 5.74) is 0. The Labute approximate surface area is 92.0 Å². The first-order valence-corrected chi connectivity index (χ1v) is 5.69. The van der Waals surface area contributed by atoms with E-state index in [1.165, 1.54) is 0 Å². The summed E-state index contributed by atoms with van der Waals surface area (Å²) in [5, 5.41) is 2.96. The van der Waals surface area contributed by atoms with Gasteiger partial charge in [-0.2, -0.15) is 0 Å². The first-order valence-electron chi connectivity index (χ1n) is 5.69. The van der Waals surface area contributed by atoms with Crippen LogP contribution in [0.4, 0.5) is 0 Å². The summed E-state index contributed by atoms with van der Waals surface area (Å²) >= 11 is 0. The van der Waals surface area contributed by atoms with Gasteiger partial charge >= 0.3 is 0 Å². The van der Waals surface area contributed by atoms with Gasteiger partial charge < -0.3 is 15.0 Å². The zero-order valence-corrected chi connectivity index (χ0v) is 9.79. The van der Waals surface area contributed by atoms with E-state index in [0.717, 1.165) is 38.9 Å². The Bertz CT molecular complexity index is 197. The molecule has 0 bridgehead atoms. The molecular formula is C11H22N2O2. The second-order valence-electron chi connectivity index (χ2n) is 4.24. The average molecular weight is 214 g/mol. The van der Waals surface area contributed by atoms with Crippen molar-refractivity contribution < 1.29 is 9.53 Å². The molecule has 1 heterocycles. The molecular weight excluding hydrogens is 192 g/mol. The van der Waals surface area contributed by atoms with Crippen molar-refractivity contribution in [2.75, 3.05) is 40.4 Å². The van der Waals surface area contributed by atoms with E-state index >= 15 is 0 Å². The maximum Gasteiger partial charge on any atom is 0.224 e. The van der Waals surface area contributed by atoms with Crippen molar-refractivity contribution in [3.05, 3.63) is 0 Å². The third kappa shape index (κ3) is 4.62. The number of hydrogen-bond acceptors (Lipinski definition) is 3. The standard InChI is InChI=1S/C11H22N2O2/c1-13-7-3-5-10(9-13)11(14)12-6-4-8-15-2/h10H,3-9H2,1-2H3,(H,12,14). The molecule has 4 heteroatoms. The van der Waals surface area contributed by atoms with Crippen molar-refractivity contribution in [2.45, 2.75) is 19.3 Å². The maximum absolute atomic E-state index is 11.7. The summed E-state index contributed by atoms with van der Waals surface area (Å²) in [4.78, 5) is 14.0. The first-order chi connectivity index (χ1) is 7.24. The minimum absolute atomic E-state index is 0.186. The van der Waals surface area contributed by atoms with Crippen LogP contribution in [0.15, 0.2) is 0 Å². The van der Waals surface area contributed by atoms with Gasteiger partial charge in [0.2, 0.25) is 5.91 Å². The summed E-state index contributed by atoms with van der Waals surface area (Å²) < 4.78 is 4.93. The van der Waals surface area contributed by atoms with Crippen LogP contribution in [-0.2, 0) is 9.53 Å². The van der Waals surface area contributed by atoms with Crippen LogP contribution in [-0.4, -0.2) is 51.2 Å². The number of carbonyl (C=O) groups excluding carboxylic acids is 1. The predicted molar refractivity (Wildman–Crippen MR) is 59.7 cm³/mol. The van der Waals surface area contributed by atoms with E-state index in [2.05, 4.69) is 17.3 Å². The van der Waals surface area contributed by atoms with Crippen molar-refractivity contribution in [2.24, 2.45) is 5.92 Å². The van der Waals surface area contributed by atoms with Gasteiger partial charge in [-0.25, -0.2) is 0 Å². The van der Waals surface area contributed by atoms with Gasteiger partial charge in [-0.15, -0.1) is 0 Å². The second kappa shape index (κ2) is 6.80. The average Bonchev–Trinajstić information content (AvgIpc) is 2.24. The molecule has 1 aliphatic rings. The van der Waals surface area contributed by atoms with Crippen molar-refractivity contribution in [3.8, 4) is 0 Å². The van der Waals surface area contributed by atoms with Crippen LogP contribution in [0, 0.1) is 5.92 Å². The molecule has 0 spiro atoms. The number of rotatable bonds is 5. The molecule has 15 heavy (non-hydrogen) atoms. The minimum Gasteiger partial charge on any atom is -0.385 e. The normalized spacial score (nSPS) is 22.7. The monoisotopic (exact) mass is 214 g/mol. The zero-order chi connectivity index (χ0) is 11.1. The van der Waals surface area contributed by atoms with E-state index in [1.54, 1.807) is 7.11 Å². The van der Waals surface area contributed by atoms with Crippen LogP contribution in [0.1, 0.15) is 19.3 Å². The zero-order valence-electron chi connectivity index (χ0n) is 9.79. The van der Waals surface area contributed by atoms with E-state index in [4.69, 9.17) is 4.74 Å². The van der Waals surface area contributed by atoms with Crippen molar-refractivity contribution in [1.82, 2.24) is 10.2 Å². The van der Waals surface area contributed by atoms with Crippen molar-refractivity contribution >= 4 is 5.91 Å². The molecule has 4 nitrogen and oxygen atoms in total. The summed E-state index contributed by atoms with van der Waals surface area (Å²) in [6, 6.07) is 0. The lowest BCUT2D eigenvalue weighted by Crippen LogP contribution is -2.41. The number of methoxy groups -OCH3 is 1. The molecule has 0 saturated carbocycles. The number of amides is 1. The van der Waals surface area contributed by atoms with Gasteiger partial charge in [-0.1, -0.05) is 0 Å². The number of nitrogens with one attached hydrogen (secondary N) is 1. The van der Waals surface area contributed by atoms with E-state index in [9.17, 15) is 4.79 Å². The van der Waals surface area contributed by atoms with E-state index in [1.807, 2.05) is 0 Å². The van der Waals surface area contributed by atoms with Gasteiger partial charge in [-0.05, 0) is 32.9 Å². The van der Waals surface area contributed by atoms with Gasteiger partial charge in [0.15, 0.2) is 0 Å². The molecule has 0 aromatic rings.